The minimum absolute atomic E-state index is 0.676. The van der Waals surface area contributed by atoms with E-state index < -0.39 is 0 Å². The number of ether oxygens (including phenoxy) is 1. The Morgan fingerprint density at radius 2 is 1.69 bits per heavy atom. The highest BCUT2D eigenvalue weighted by Gasteiger charge is 2.13. The highest BCUT2D eigenvalue weighted by Crippen LogP contribution is 2.26. The number of benzene rings is 2. The second kappa shape index (κ2) is 7.55. The Hall–Kier alpha value is -2.90. The summed E-state index contributed by atoms with van der Waals surface area (Å²) in [7, 11) is 1.84. The van der Waals surface area contributed by atoms with Gasteiger partial charge in [-0.2, -0.15) is 0 Å². The molecule has 1 saturated heterocycles. The first-order chi connectivity index (χ1) is 12.8. The topological polar surface area (TPSA) is 71.5 Å². The minimum atomic E-state index is 0.676. The van der Waals surface area contributed by atoms with E-state index in [0.717, 1.165) is 35.6 Å². The molecule has 1 aromatic heterocycles. The third kappa shape index (κ3) is 3.68. The SMILES string of the molecule is CNc1nc2ccccc2nc1Nc1cccc(ON2CCOCC2)c1. The predicted octanol–water partition coefficient (Wildman–Crippen LogP) is 3.04. The van der Waals surface area contributed by atoms with Crippen molar-refractivity contribution in [2.24, 2.45) is 0 Å². The number of anilines is 3. The molecule has 0 unspecified atom stereocenters. The van der Waals surface area contributed by atoms with E-state index in [1.807, 2.05) is 60.6 Å². The summed E-state index contributed by atoms with van der Waals surface area (Å²) < 4.78 is 5.34. The lowest BCUT2D eigenvalue weighted by atomic mass is 10.3. The zero-order valence-corrected chi connectivity index (χ0v) is 14.6. The van der Waals surface area contributed by atoms with Crippen molar-refractivity contribution in [3.8, 4) is 5.75 Å². The van der Waals surface area contributed by atoms with Gasteiger partial charge in [0.15, 0.2) is 11.6 Å². The smallest absolute Gasteiger partial charge is 0.174 e. The van der Waals surface area contributed by atoms with Crippen molar-refractivity contribution in [3.05, 3.63) is 48.5 Å². The summed E-state index contributed by atoms with van der Waals surface area (Å²) in [4.78, 5) is 15.2. The van der Waals surface area contributed by atoms with Gasteiger partial charge >= 0.3 is 0 Å². The van der Waals surface area contributed by atoms with Crippen molar-refractivity contribution in [1.29, 1.82) is 0 Å². The van der Waals surface area contributed by atoms with E-state index in [1.165, 1.54) is 0 Å². The molecule has 0 saturated carbocycles. The molecular formula is C19H21N5O2. The Bertz CT molecular complexity index is 896. The Morgan fingerprint density at radius 3 is 2.42 bits per heavy atom. The first-order valence-corrected chi connectivity index (χ1v) is 8.64. The zero-order chi connectivity index (χ0) is 17.8. The molecule has 0 amide bonds. The number of fused-ring (bicyclic) bond motifs is 1. The van der Waals surface area contributed by atoms with Crippen molar-refractivity contribution < 1.29 is 9.57 Å². The van der Waals surface area contributed by atoms with Crippen LogP contribution < -0.4 is 15.5 Å². The van der Waals surface area contributed by atoms with E-state index in [0.29, 0.717) is 24.8 Å². The van der Waals surface area contributed by atoms with Gasteiger partial charge in [-0.25, -0.2) is 9.97 Å². The van der Waals surface area contributed by atoms with Gasteiger partial charge in [-0.15, -0.1) is 5.06 Å². The van der Waals surface area contributed by atoms with Gasteiger partial charge in [0, 0.05) is 18.8 Å². The van der Waals surface area contributed by atoms with Crippen LogP contribution in [0.1, 0.15) is 0 Å². The van der Waals surface area contributed by atoms with Crippen LogP contribution >= 0.6 is 0 Å². The Balaban J connectivity index is 1.56. The molecule has 2 aromatic carbocycles. The summed E-state index contributed by atoms with van der Waals surface area (Å²) in [5, 5.41) is 8.35. The lowest BCUT2D eigenvalue weighted by Gasteiger charge is -2.26. The molecule has 26 heavy (non-hydrogen) atoms. The molecule has 134 valence electrons. The van der Waals surface area contributed by atoms with Crippen molar-refractivity contribution in [3.63, 3.8) is 0 Å². The number of nitrogens with zero attached hydrogens (tertiary/aromatic N) is 3. The summed E-state index contributed by atoms with van der Waals surface area (Å²) in [6.07, 6.45) is 0. The van der Waals surface area contributed by atoms with Crippen LogP contribution in [-0.4, -0.2) is 48.4 Å². The third-order valence-electron chi connectivity index (χ3n) is 4.11. The molecule has 7 heteroatoms. The van der Waals surface area contributed by atoms with Crippen LogP contribution in [0.2, 0.25) is 0 Å². The standard InChI is InChI=1S/C19H21N5O2/c1-20-18-19(23-17-8-3-2-7-16(17)22-18)21-14-5-4-6-15(13-14)26-24-9-11-25-12-10-24/h2-8,13H,9-12H2,1H3,(H,20,22)(H,21,23). The number of hydroxylamine groups is 2. The molecule has 3 aromatic rings. The summed E-state index contributed by atoms with van der Waals surface area (Å²) in [6, 6.07) is 15.6. The van der Waals surface area contributed by atoms with Crippen LogP contribution in [0.4, 0.5) is 17.3 Å². The van der Waals surface area contributed by atoms with Crippen molar-refractivity contribution >= 4 is 28.4 Å². The molecule has 1 aliphatic rings. The quantitative estimate of drug-likeness (QED) is 0.732. The third-order valence-corrected chi connectivity index (χ3v) is 4.11. The second-order valence-electron chi connectivity index (χ2n) is 5.95. The van der Waals surface area contributed by atoms with Gasteiger partial charge < -0.3 is 20.2 Å². The van der Waals surface area contributed by atoms with E-state index in [1.54, 1.807) is 0 Å². The maximum absolute atomic E-state index is 5.92. The molecule has 7 nitrogen and oxygen atoms in total. The van der Waals surface area contributed by atoms with E-state index in [9.17, 15) is 0 Å². The Labute approximate surface area is 151 Å². The maximum Gasteiger partial charge on any atom is 0.174 e. The van der Waals surface area contributed by atoms with Gasteiger partial charge in [0.25, 0.3) is 0 Å². The number of hydrogen-bond acceptors (Lipinski definition) is 7. The van der Waals surface area contributed by atoms with Gasteiger partial charge in [0.05, 0.1) is 37.3 Å². The average molecular weight is 351 g/mol. The number of morpholine rings is 1. The molecule has 0 aliphatic carbocycles. The van der Waals surface area contributed by atoms with Crippen LogP contribution in [0.15, 0.2) is 48.5 Å². The van der Waals surface area contributed by atoms with Crippen LogP contribution in [0, 0.1) is 0 Å². The van der Waals surface area contributed by atoms with Crippen molar-refractivity contribution in [1.82, 2.24) is 15.0 Å². The average Bonchev–Trinajstić information content (AvgIpc) is 2.68. The van der Waals surface area contributed by atoms with Crippen LogP contribution in [0.5, 0.6) is 5.75 Å². The molecule has 2 heterocycles. The highest BCUT2D eigenvalue weighted by molar-refractivity contribution is 5.81. The fraction of sp³-hybridized carbons (Fsp3) is 0.263. The number of rotatable bonds is 5. The monoisotopic (exact) mass is 351 g/mol. The van der Waals surface area contributed by atoms with E-state index >= 15 is 0 Å². The van der Waals surface area contributed by atoms with E-state index in [4.69, 9.17) is 9.57 Å². The van der Waals surface area contributed by atoms with Gasteiger partial charge in [0.2, 0.25) is 0 Å². The minimum Gasteiger partial charge on any atom is -0.406 e. The fourth-order valence-electron chi connectivity index (χ4n) is 2.82. The molecule has 4 rings (SSSR count). The molecule has 2 N–H and O–H groups in total. The van der Waals surface area contributed by atoms with Gasteiger partial charge in [0.1, 0.15) is 5.75 Å². The number of para-hydroxylation sites is 2. The first-order valence-electron chi connectivity index (χ1n) is 8.64. The summed E-state index contributed by atoms with van der Waals surface area (Å²) in [5.41, 5.74) is 2.58. The molecule has 0 bridgehead atoms. The first kappa shape index (κ1) is 16.6. The predicted molar refractivity (Wildman–Crippen MR) is 102 cm³/mol. The summed E-state index contributed by atoms with van der Waals surface area (Å²) >= 11 is 0. The fourth-order valence-corrected chi connectivity index (χ4v) is 2.82. The molecule has 0 radical (unpaired) electrons. The largest absolute Gasteiger partial charge is 0.406 e. The summed E-state index contributed by atoms with van der Waals surface area (Å²) in [6.45, 7) is 2.90. The lowest BCUT2D eigenvalue weighted by Crippen LogP contribution is -2.38. The van der Waals surface area contributed by atoms with E-state index in [2.05, 4.69) is 20.6 Å². The Kier molecular flexibility index (Phi) is 4.81. The normalized spacial score (nSPS) is 15.0. The molecule has 1 aliphatic heterocycles. The number of aromatic nitrogens is 2. The van der Waals surface area contributed by atoms with E-state index in [-0.39, 0.29) is 0 Å². The van der Waals surface area contributed by atoms with Crippen molar-refractivity contribution in [2.45, 2.75) is 0 Å². The highest BCUT2D eigenvalue weighted by atomic mass is 16.7. The van der Waals surface area contributed by atoms with Crippen molar-refractivity contribution in [2.75, 3.05) is 44.0 Å². The Morgan fingerprint density at radius 1 is 0.962 bits per heavy atom. The lowest BCUT2D eigenvalue weighted by molar-refractivity contribution is -0.118. The van der Waals surface area contributed by atoms with Gasteiger partial charge in [-0.3, -0.25) is 0 Å². The van der Waals surface area contributed by atoms with Gasteiger partial charge in [-0.05, 0) is 24.3 Å². The maximum atomic E-state index is 5.92. The van der Waals surface area contributed by atoms with Gasteiger partial charge in [-0.1, -0.05) is 18.2 Å². The molecule has 0 atom stereocenters. The second-order valence-corrected chi connectivity index (χ2v) is 5.95. The van der Waals surface area contributed by atoms with Crippen LogP contribution in [-0.2, 0) is 4.74 Å². The zero-order valence-electron chi connectivity index (χ0n) is 14.6. The number of nitrogens with one attached hydrogen (secondary N) is 2. The molecular weight excluding hydrogens is 330 g/mol. The number of hydrogen-bond donors (Lipinski definition) is 2. The molecule has 1 fully saturated rings. The van der Waals surface area contributed by atoms with Crippen LogP contribution in [0.3, 0.4) is 0 Å². The summed E-state index contributed by atoms with van der Waals surface area (Å²) in [5.74, 6) is 2.15. The molecule has 0 spiro atoms. The van der Waals surface area contributed by atoms with Crippen LogP contribution in [0.25, 0.3) is 11.0 Å².